The van der Waals surface area contributed by atoms with E-state index in [1.807, 2.05) is 4.90 Å². The normalized spacial score (nSPS) is 17.6. The van der Waals surface area contributed by atoms with Gasteiger partial charge in [0.1, 0.15) is 0 Å². The lowest BCUT2D eigenvalue weighted by molar-refractivity contribution is 0.0763. The van der Waals surface area contributed by atoms with Crippen LogP contribution in [0, 0.1) is 0 Å². The SMILES string of the molecule is CN1CCCN(C(=O)c2ccc(N)c(Br)c2)CC1. The summed E-state index contributed by atoms with van der Waals surface area (Å²) in [5.74, 6) is 0.0889. The number of nitrogen functional groups attached to an aromatic ring is 1. The van der Waals surface area contributed by atoms with Gasteiger partial charge in [-0.1, -0.05) is 0 Å². The molecule has 1 heterocycles. The van der Waals surface area contributed by atoms with Crippen LogP contribution in [0.1, 0.15) is 16.8 Å². The molecule has 0 aliphatic carbocycles. The molecule has 1 aromatic carbocycles. The van der Waals surface area contributed by atoms with Gasteiger partial charge in [0.2, 0.25) is 0 Å². The number of rotatable bonds is 1. The van der Waals surface area contributed by atoms with E-state index in [0.29, 0.717) is 11.3 Å². The number of nitrogens with zero attached hydrogens (tertiary/aromatic N) is 2. The number of likely N-dealkylation sites (N-methyl/N-ethyl adjacent to an activating group) is 1. The van der Waals surface area contributed by atoms with Crippen LogP contribution in [0.3, 0.4) is 0 Å². The molecule has 98 valence electrons. The largest absolute Gasteiger partial charge is 0.398 e. The number of nitrogens with two attached hydrogens (primary N) is 1. The molecule has 18 heavy (non-hydrogen) atoms. The third-order valence-corrected chi connectivity index (χ3v) is 3.94. The number of halogens is 1. The number of benzene rings is 1. The second-order valence-electron chi connectivity index (χ2n) is 4.69. The summed E-state index contributed by atoms with van der Waals surface area (Å²) in [6.45, 7) is 3.60. The van der Waals surface area contributed by atoms with Gasteiger partial charge < -0.3 is 15.5 Å². The molecule has 0 aromatic heterocycles. The van der Waals surface area contributed by atoms with Gasteiger partial charge in [0.25, 0.3) is 5.91 Å². The fraction of sp³-hybridized carbons (Fsp3) is 0.462. The van der Waals surface area contributed by atoms with Crippen LogP contribution in [0.15, 0.2) is 22.7 Å². The van der Waals surface area contributed by atoms with Crippen molar-refractivity contribution in [1.82, 2.24) is 9.80 Å². The van der Waals surface area contributed by atoms with Gasteiger partial charge in [-0.05, 0) is 54.1 Å². The van der Waals surface area contributed by atoms with Crippen molar-refractivity contribution in [2.24, 2.45) is 0 Å². The van der Waals surface area contributed by atoms with Crippen molar-refractivity contribution in [2.75, 3.05) is 39.0 Å². The molecular weight excluding hydrogens is 294 g/mol. The zero-order valence-electron chi connectivity index (χ0n) is 10.5. The average Bonchev–Trinajstić information content (AvgIpc) is 2.57. The molecule has 0 radical (unpaired) electrons. The zero-order valence-corrected chi connectivity index (χ0v) is 12.1. The van der Waals surface area contributed by atoms with Gasteiger partial charge in [0, 0.05) is 35.4 Å². The maximum absolute atomic E-state index is 12.4. The van der Waals surface area contributed by atoms with E-state index >= 15 is 0 Å². The third-order valence-electron chi connectivity index (χ3n) is 3.25. The van der Waals surface area contributed by atoms with E-state index in [9.17, 15) is 4.79 Å². The molecule has 5 heteroatoms. The second kappa shape index (κ2) is 5.71. The first kappa shape index (κ1) is 13.4. The molecule has 1 aliphatic heterocycles. The van der Waals surface area contributed by atoms with Crippen molar-refractivity contribution in [2.45, 2.75) is 6.42 Å². The Balaban J connectivity index is 2.12. The van der Waals surface area contributed by atoms with Crippen molar-refractivity contribution in [1.29, 1.82) is 0 Å². The van der Waals surface area contributed by atoms with Crippen LogP contribution in [0.5, 0.6) is 0 Å². The molecule has 0 bridgehead atoms. The number of hydrogen-bond acceptors (Lipinski definition) is 3. The van der Waals surface area contributed by atoms with Gasteiger partial charge >= 0.3 is 0 Å². The predicted molar refractivity (Wildman–Crippen MR) is 76.6 cm³/mol. The van der Waals surface area contributed by atoms with Crippen LogP contribution in [0.2, 0.25) is 0 Å². The molecule has 0 atom stereocenters. The van der Waals surface area contributed by atoms with E-state index in [0.717, 1.165) is 37.1 Å². The summed E-state index contributed by atoms with van der Waals surface area (Å²) >= 11 is 3.36. The summed E-state index contributed by atoms with van der Waals surface area (Å²) in [7, 11) is 2.09. The molecule has 2 N–H and O–H groups in total. The minimum absolute atomic E-state index is 0.0889. The first-order valence-corrected chi connectivity index (χ1v) is 6.90. The topological polar surface area (TPSA) is 49.6 Å². The molecule has 1 aliphatic rings. The molecule has 1 amide bonds. The summed E-state index contributed by atoms with van der Waals surface area (Å²) in [4.78, 5) is 16.5. The van der Waals surface area contributed by atoms with Crippen molar-refractivity contribution < 1.29 is 4.79 Å². The molecule has 1 saturated heterocycles. The number of carbonyl (C=O) groups is 1. The fourth-order valence-corrected chi connectivity index (χ4v) is 2.47. The smallest absolute Gasteiger partial charge is 0.253 e. The Morgan fingerprint density at radius 2 is 2.06 bits per heavy atom. The Morgan fingerprint density at radius 1 is 1.28 bits per heavy atom. The maximum atomic E-state index is 12.4. The van der Waals surface area contributed by atoms with E-state index in [4.69, 9.17) is 5.73 Å². The molecule has 2 rings (SSSR count). The lowest BCUT2D eigenvalue weighted by atomic mass is 10.2. The molecule has 0 unspecified atom stereocenters. The van der Waals surface area contributed by atoms with Crippen LogP contribution in [0.25, 0.3) is 0 Å². The molecule has 0 saturated carbocycles. The highest BCUT2D eigenvalue weighted by Gasteiger charge is 2.19. The third kappa shape index (κ3) is 3.03. The lowest BCUT2D eigenvalue weighted by Crippen LogP contribution is -2.34. The number of hydrogen-bond donors (Lipinski definition) is 1. The average molecular weight is 312 g/mol. The lowest BCUT2D eigenvalue weighted by Gasteiger charge is -2.20. The van der Waals surface area contributed by atoms with E-state index in [1.54, 1.807) is 18.2 Å². The van der Waals surface area contributed by atoms with Crippen LogP contribution in [-0.2, 0) is 0 Å². The van der Waals surface area contributed by atoms with Crippen LogP contribution >= 0.6 is 15.9 Å². The predicted octanol–water partition coefficient (Wildman–Crippen LogP) is 1.81. The first-order chi connectivity index (χ1) is 8.58. The zero-order chi connectivity index (χ0) is 13.1. The second-order valence-corrected chi connectivity index (χ2v) is 5.54. The van der Waals surface area contributed by atoms with Crippen LogP contribution in [-0.4, -0.2) is 48.9 Å². The summed E-state index contributed by atoms with van der Waals surface area (Å²) in [6.07, 6.45) is 1.03. The van der Waals surface area contributed by atoms with Crippen molar-refractivity contribution in [3.63, 3.8) is 0 Å². The van der Waals surface area contributed by atoms with Crippen LogP contribution < -0.4 is 5.73 Å². The van der Waals surface area contributed by atoms with Gasteiger partial charge in [-0.25, -0.2) is 0 Å². The quantitative estimate of drug-likeness (QED) is 0.805. The molecule has 4 nitrogen and oxygen atoms in total. The Hall–Kier alpha value is -1.07. The van der Waals surface area contributed by atoms with E-state index < -0.39 is 0 Å². The Labute approximate surface area is 116 Å². The van der Waals surface area contributed by atoms with Crippen LogP contribution in [0.4, 0.5) is 5.69 Å². The highest BCUT2D eigenvalue weighted by molar-refractivity contribution is 9.10. The number of amides is 1. The summed E-state index contributed by atoms with van der Waals surface area (Å²) < 4.78 is 0.778. The van der Waals surface area contributed by atoms with Gasteiger partial charge in [-0.2, -0.15) is 0 Å². The Bertz CT molecular complexity index is 450. The maximum Gasteiger partial charge on any atom is 0.253 e. The van der Waals surface area contributed by atoms with Crippen molar-refractivity contribution in [3.8, 4) is 0 Å². The summed E-state index contributed by atoms with van der Waals surface area (Å²) in [5, 5.41) is 0. The molecular formula is C13H18BrN3O. The van der Waals surface area contributed by atoms with Gasteiger partial charge in [-0.3, -0.25) is 4.79 Å². The molecule has 1 aromatic rings. The Kier molecular flexibility index (Phi) is 4.24. The minimum atomic E-state index is 0.0889. The first-order valence-electron chi connectivity index (χ1n) is 6.11. The van der Waals surface area contributed by atoms with E-state index in [2.05, 4.69) is 27.9 Å². The van der Waals surface area contributed by atoms with Gasteiger partial charge in [0.05, 0.1) is 0 Å². The summed E-state index contributed by atoms with van der Waals surface area (Å²) in [6, 6.07) is 5.35. The number of carbonyl (C=O) groups excluding carboxylic acids is 1. The highest BCUT2D eigenvalue weighted by Crippen LogP contribution is 2.21. The summed E-state index contributed by atoms with van der Waals surface area (Å²) in [5.41, 5.74) is 7.08. The van der Waals surface area contributed by atoms with Crippen molar-refractivity contribution in [3.05, 3.63) is 28.2 Å². The minimum Gasteiger partial charge on any atom is -0.398 e. The standard InChI is InChI=1S/C13H18BrN3O/c1-16-5-2-6-17(8-7-16)13(18)10-3-4-12(15)11(14)9-10/h3-4,9H,2,5-8,15H2,1H3. The monoisotopic (exact) mass is 311 g/mol. The molecule has 0 spiro atoms. The van der Waals surface area contributed by atoms with Crippen molar-refractivity contribution >= 4 is 27.5 Å². The highest BCUT2D eigenvalue weighted by atomic mass is 79.9. The number of anilines is 1. The van der Waals surface area contributed by atoms with Gasteiger partial charge in [-0.15, -0.1) is 0 Å². The van der Waals surface area contributed by atoms with E-state index in [1.165, 1.54) is 0 Å². The van der Waals surface area contributed by atoms with E-state index in [-0.39, 0.29) is 5.91 Å². The Morgan fingerprint density at radius 3 is 2.78 bits per heavy atom. The van der Waals surface area contributed by atoms with Gasteiger partial charge in [0.15, 0.2) is 0 Å². The molecule has 1 fully saturated rings. The fourth-order valence-electron chi connectivity index (χ4n) is 2.09.